The van der Waals surface area contributed by atoms with Crippen LogP contribution in [0.1, 0.15) is 32.6 Å². The Balaban J connectivity index is 3.58. The summed E-state index contributed by atoms with van der Waals surface area (Å²) in [6.07, 6.45) is 3.39. The molecule has 0 fully saturated rings. The molecule has 0 saturated heterocycles. The fourth-order valence-corrected chi connectivity index (χ4v) is 1.30. The molecule has 0 saturated carbocycles. The van der Waals surface area contributed by atoms with E-state index in [0.29, 0.717) is 13.1 Å². The lowest BCUT2D eigenvalue weighted by Crippen LogP contribution is -2.35. The second-order valence-electron chi connectivity index (χ2n) is 3.44. The molecular formula is C10H22N2O2. The van der Waals surface area contributed by atoms with E-state index in [1.54, 1.807) is 0 Å². The lowest BCUT2D eigenvalue weighted by Gasteiger charge is -2.13. The summed E-state index contributed by atoms with van der Waals surface area (Å²) >= 11 is 0. The van der Waals surface area contributed by atoms with E-state index in [1.165, 1.54) is 0 Å². The standard InChI is InChI=1S/C10H22N2O2/c1-2-5-9(8-11)10(14)12-6-3-4-7-13/h9,13H,2-8,11H2,1H3,(H,12,14). The first-order valence-electron chi connectivity index (χ1n) is 5.34. The molecule has 1 atom stereocenters. The number of nitrogens with one attached hydrogen (secondary N) is 1. The van der Waals surface area contributed by atoms with Gasteiger partial charge in [0.25, 0.3) is 0 Å². The van der Waals surface area contributed by atoms with Gasteiger partial charge in [-0.25, -0.2) is 0 Å². The van der Waals surface area contributed by atoms with Crippen molar-refractivity contribution in [2.24, 2.45) is 11.7 Å². The number of unbranched alkanes of at least 4 members (excludes halogenated alkanes) is 1. The summed E-state index contributed by atoms with van der Waals surface area (Å²) in [6.45, 7) is 3.28. The summed E-state index contributed by atoms with van der Waals surface area (Å²) < 4.78 is 0. The van der Waals surface area contributed by atoms with Gasteiger partial charge in [-0.3, -0.25) is 4.79 Å². The van der Waals surface area contributed by atoms with Gasteiger partial charge in [0.15, 0.2) is 0 Å². The average Bonchev–Trinajstić information content (AvgIpc) is 2.20. The fourth-order valence-electron chi connectivity index (χ4n) is 1.30. The molecule has 0 bridgehead atoms. The molecule has 84 valence electrons. The Morgan fingerprint density at radius 1 is 1.50 bits per heavy atom. The van der Waals surface area contributed by atoms with Gasteiger partial charge in [0.05, 0.1) is 5.92 Å². The Hall–Kier alpha value is -0.610. The number of rotatable bonds is 8. The topological polar surface area (TPSA) is 75.4 Å². The molecule has 1 amide bonds. The smallest absolute Gasteiger partial charge is 0.224 e. The van der Waals surface area contributed by atoms with Crippen LogP contribution in [0.15, 0.2) is 0 Å². The van der Waals surface area contributed by atoms with Crippen molar-refractivity contribution < 1.29 is 9.90 Å². The second-order valence-corrected chi connectivity index (χ2v) is 3.44. The van der Waals surface area contributed by atoms with Gasteiger partial charge in [0, 0.05) is 19.7 Å². The Morgan fingerprint density at radius 2 is 2.21 bits per heavy atom. The lowest BCUT2D eigenvalue weighted by atomic mass is 10.0. The van der Waals surface area contributed by atoms with Crippen LogP contribution in [0.3, 0.4) is 0 Å². The van der Waals surface area contributed by atoms with Gasteiger partial charge in [-0.05, 0) is 19.3 Å². The van der Waals surface area contributed by atoms with E-state index in [1.807, 2.05) is 6.92 Å². The lowest BCUT2D eigenvalue weighted by molar-refractivity contribution is -0.124. The van der Waals surface area contributed by atoms with Gasteiger partial charge in [-0.1, -0.05) is 13.3 Å². The molecule has 14 heavy (non-hydrogen) atoms. The molecule has 0 aliphatic heterocycles. The van der Waals surface area contributed by atoms with Gasteiger partial charge in [-0.15, -0.1) is 0 Å². The predicted octanol–water partition coefficient (Wildman–Crippen LogP) is 0.250. The van der Waals surface area contributed by atoms with Crippen LogP contribution in [0.2, 0.25) is 0 Å². The van der Waals surface area contributed by atoms with E-state index in [4.69, 9.17) is 10.8 Å². The minimum Gasteiger partial charge on any atom is -0.396 e. The molecule has 0 spiro atoms. The number of carbonyl (C=O) groups excluding carboxylic acids is 1. The van der Waals surface area contributed by atoms with Crippen LogP contribution in [-0.2, 0) is 4.79 Å². The van der Waals surface area contributed by atoms with Crippen molar-refractivity contribution in [1.29, 1.82) is 0 Å². The number of aliphatic hydroxyl groups excluding tert-OH is 1. The minimum atomic E-state index is -0.0471. The molecule has 0 aromatic rings. The van der Waals surface area contributed by atoms with E-state index >= 15 is 0 Å². The van der Waals surface area contributed by atoms with Crippen LogP contribution in [0, 0.1) is 5.92 Å². The van der Waals surface area contributed by atoms with E-state index in [2.05, 4.69) is 5.32 Å². The minimum absolute atomic E-state index is 0.0471. The maximum atomic E-state index is 11.5. The number of hydrogen-bond donors (Lipinski definition) is 3. The molecule has 1 unspecified atom stereocenters. The third-order valence-corrected chi connectivity index (χ3v) is 2.18. The van der Waals surface area contributed by atoms with E-state index in [-0.39, 0.29) is 18.4 Å². The zero-order valence-electron chi connectivity index (χ0n) is 8.96. The van der Waals surface area contributed by atoms with Gasteiger partial charge in [0.2, 0.25) is 5.91 Å². The SMILES string of the molecule is CCCC(CN)C(=O)NCCCCO. The van der Waals surface area contributed by atoms with Gasteiger partial charge in [-0.2, -0.15) is 0 Å². The van der Waals surface area contributed by atoms with E-state index in [0.717, 1.165) is 25.7 Å². The van der Waals surface area contributed by atoms with Crippen LogP contribution in [0.4, 0.5) is 0 Å². The first-order chi connectivity index (χ1) is 6.76. The molecule has 0 aromatic heterocycles. The van der Waals surface area contributed by atoms with Crippen molar-refractivity contribution in [2.45, 2.75) is 32.6 Å². The molecular weight excluding hydrogens is 180 g/mol. The van der Waals surface area contributed by atoms with Crippen molar-refractivity contribution in [1.82, 2.24) is 5.32 Å². The summed E-state index contributed by atoms with van der Waals surface area (Å²) in [7, 11) is 0. The Morgan fingerprint density at radius 3 is 2.71 bits per heavy atom. The van der Waals surface area contributed by atoms with Crippen LogP contribution < -0.4 is 11.1 Å². The number of carbonyl (C=O) groups is 1. The molecule has 0 aliphatic rings. The summed E-state index contributed by atoms with van der Waals surface area (Å²) in [4.78, 5) is 11.5. The average molecular weight is 202 g/mol. The predicted molar refractivity (Wildman–Crippen MR) is 56.8 cm³/mol. The first-order valence-corrected chi connectivity index (χ1v) is 5.34. The summed E-state index contributed by atoms with van der Waals surface area (Å²) in [5, 5.41) is 11.4. The maximum Gasteiger partial charge on any atom is 0.224 e. The van der Waals surface area contributed by atoms with Crippen LogP contribution in [0.25, 0.3) is 0 Å². The van der Waals surface area contributed by atoms with E-state index < -0.39 is 0 Å². The maximum absolute atomic E-state index is 11.5. The van der Waals surface area contributed by atoms with Gasteiger partial charge < -0.3 is 16.2 Å². The highest BCUT2D eigenvalue weighted by Gasteiger charge is 2.14. The molecule has 0 aliphatic carbocycles. The molecule has 0 aromatic carbocycles. The Kier molecular flexibility index (Phi) is 8.57. The normalized spacial score (nSPS) is 12.5. The molecule has 4 N–H and O–H groups in total. The van der Waals surface area contributed by atoms with E-state index in [9.17, 15) is 4.79 Å². The molecule has 0 rings (SSSR count). The number of aliphatic hydroxyl groups is 1. The van der Waals surface area contributed by atoms with Crippen molar-refractivity contribution in [3.63, 3.8) is 0 Å². The Labute approximate surface area is 85.9 Å². The van der Waals surface area contributed by atoms with Crippen molar-refractivity contribution in [3.05, 3.63) is 0 Å². The molecule has 4 heteroatoms. The highest BCUT2D eigenvalue weighted by molar-refractivity contribution is 5.78. The van der Waals surface area contributed by atoms with Crippen LogP contribution >= 0.6 is 0 Å². The number of nitrogens with two attached hydrogens (primary N) is 1. The second kappa shape index (κ2) is 8.97. The third kappa shape index (κ3) is 5.94. The third-order valence-electron chi connectivity index (χ3n) is 2.18. The summed E-state index contributed by atoms with van der Waals surface area (Å²) in [6, 6.07) is 0. The molecule has 0 heterocycles. The molecule has 0 radical (unpaired) electrons. The highest BCUT2D eigenvalue weighted by Crippen LogP contribution is 2.04. The quantitative estimate of drug-likeness (QED) is 0.494. The summed E-state index contributed by atoms with van der Waals surface area (Å²) in [5.41, 5.74) is 5.49. The largest absolute Gasteiger partial charge is 0.396 e. The van der Waals surface area contributed by atoms with Crippen molar-refractivity contribution in [2.75, 3.05) is 19.7 Å². The van der Waals surface area contributed by atoms with Crippen LogP contribution in [-0.4, -0.2) is 30.7 Å². The van der Waals surface area contributed by atoms with Crippen LogP contribution in [0.5, 0.6) is 0 Å². The number of amides is 1. The number of hydrogen-bond acceptors (Lipinski definition) is 3. The monoisotopic (exact) mass is 202 g/mol. The highest BCUT2D eigenvalue weighted by atomic mass is 16.2. The Bertz CT molecular complexity index is 151. The van der Waals surface area contributed by atoms with Crippen molar-refractivity contribution >= 4 is 5.91 Å². The zero-order valence-corrected chi connectivity index (χ0v) is 8.96. The zero-order chi connectivity index (χ0) is 10.8. The van der Waals surface area contributed by atoms with Gasteiger partial charge >= 0.3 is 0 Å². The van der Waals surface area contributed by atoms with Crippen molar-refractivity contribution in [3.8, 4) is 0 Å². The van der Waals surface area contributed by atoms with Gasteiger partial charge in [0.1, 0.15) is 0 Å². The fraction of sp³-hybridized carbons (Fsp3) is 0.900. The summed E-state index contributed by atoms with van der Waals surface area (Å²) in [5.74, 6) is 0.00131. The molecule has 4 nitrogen and oxygen atoms in total. The first kappa shape index (κ1) is 13.4.